The fraction of sp³-hybridized carbons (Fsp3) is 0.167. The van der Waals surface area contributed by atoms with E-state index in [0.29, 0.717) is 0 Å². The zero-order valence-corrected chi connectivity index (χ0v) is 10.4. The Morgan fingerprint density at radius 2 is 2.31 bits per heavy atom. The molecule has 0 aliphatic rings. The first-order valence-corrected chi connectivity index (χ1v) is 5.85. The molecule has 0 fully saturated rings. The van der Waals surface area contributed by atoms with Gasteiger partial charge in [-0.25, -0.2) is 9.97 Å². The third-order valence-corrected chi connectivity index (χ3v) is 2.68. The summed E-state index contributed by atoms with van der Waals surface area (Å²) in [4.78, 5) is 8.72. The molecule has 0 aliphatic carbocycles. The topological polar surface area (TPSA) is 30.7 Å². The zero-order valence-electron chi connectivity index (χ0n) is 8.81. The number of aromatic nitrogens is 3. The lowest BCUT2D eigenvalue weighted by molar-refractivity contribution is 0.715. The number of halogens is 1. The molecule has 2 aromatic heterocycles. The molecule has 0 aromatic carbocycles. The van der Waals surface area contributed by atoms with Crippen LogP contribution in [-0.2, 0) is 6.54 Å². The first-order chi connectivity index (χ1) is 7.81. The van der Waals surface area contributed by atoms with Gasteiger partial charge in [0.2, 0.25) is 0 Å². The van der Waals surface area contributed by atoms with Gasteiger partial charge < -0.3 is 4.57 Å². The number of allylic oxidation sites excluding steroid dienone is 1. The second-order valence-electron chi connectivity index (χ2n) is 3.37. The molecule has 0 spiro atoms. The molecule has 0 amide bonds. The van der Waals surface area contributed by atoms with E-state index < -0.39 is 0 Å². The SMILES string of the molecule is C=CCCn1ccnc1-c1cccc(Br)n1. The molecule has 0 saturated heterocycles. The summed E-state index contributed by atoms with van der Waals surface area (Å²) >= 11 is 3.36. The third kappa shape index (κ3) is 2.39. The van der Waals surface area contributed by atoms with Crippen molar-refractivity contribution >= 4 is 15.9 Å². The minimum atomic E-state index is 0.822. The number of imidazole rings is 1. The van der Waals surface area contributed by atoms with E-state index >= 15 is 0 Å². The van der Waals surface area contributed by atoms with Gasteiger partial charge in [-0.15, -0.1) is 6.58 Å². The van der Waals surface area contributed by atoms with Crippen molar-refractivity contribution in [1.29, 1.82) is 0 Å². The Morgan fingerprint density at radius 1 is 1.44 bits per heavy atom. The average molecular weight is 278 g/mol. The van der Waals surface area contributed by atoms with Crippen molar-refractivity contribution in [2.45, 2.75) is 13.0 Å². The van der Waals surface area contributed by atoms with Gasteiger partial charge in [-0.1, -0.05) is 12.1 Å². The van der Waals surface area contributed by atoms with Gasteiger partial charge >= 0.3 is 0 Å². The highest BCUT2D eigenvalue weighted by molar-refractivity contribution is 9.10. The van der Waals surface area contributed by atoms with Crippen LogP contribution in [0, 0.1) is 0 Å². The molecule has 16 heavy (non-hydrogen) atoms. The predicted octanol–water partition coefficient (Wildman–Crippen LogP) is 3.28. The van der Waals surface area contributed by atoms with E-state index in [-0.39, 0.29) is 0 Å². The molecule has 2 heterocycles. The summed E-state index contributed by atoms with van der Waals surface area (Å²) in [5.74, 6) is 0.892. The molecule has 2 aromatic rings. The van der Waals surface area contributed by atoms with Crippen molar-refractivity contribution < 1.29 is 0 Å². The van der Waals surface area contributed by atoms with Gasteiger partial charge in [-0.2, -0.15) is 0 Å². The molecule has 3 nitrogen and oxygen atoms in total. The lowest BCUT2D eigenvalue weighted by atomic mass is 10.3. The summed E-state index contributed by atoms with van der Waals surface area (Å²) in [5.41, 5.74) is 0.878. The quantitative estimate of drug-likeness (QED) is 0.634. The summed E-state index contributed by atoms with van der Waals surface area (Å²) in [6, 6.07) is 5.82. The largest absolute Gasteiger partial charge is 0.329 e. The highest BCUT2D eigenvalue weighted by atomic mass is 79.9. The van der Waals surface area contributed by atoms with Crippen LogP contribution < -0.4 is 0 Å². The summed E-state index contributed by atoms with van der Waals surface area (Å²) in [5, 5.41) is 0. The smallest absolute Gasteiger partial charge is 0.158 e. The zero-order chi connectivity index (χ0) is 11.4. The van der Waals surface area contributed by atoms with Gasteiger partial charge in [-0.05, 0) is 34.5 Å². The summed E-state index contributed by atoms with van der Waals surface area (Å²) in [7, 11) is 0. The van der Waals surface area contributed by atoms with E-state index in [1.54, 1.807) is 6.20 Å². The molecule has 0 bridgehead atoms. The Morgan fingerprint density at radius 3 is 3.06 bits per heavy atom. The van der Waals surface area contributed by atoms with E-state index in [1.807, 2.05) is 30.5 Å². The Kier molecular flexibility index (Phi) is 3.51. The molecule has 0 aliphatic heterocycles. The normalized spacial score (nSPS) is 10.3. The number of rotatable bonds is 4. The van der Waals surface area contributed by atoms with Crippen LogP contribution in [0.2, 0.25) is 0 Å². The van der Waals surface area contributed by atoms with Gasteiger partial charge in [0.05, 0.1) is 0 Å². The van der Waals surface area contributed by atoms with Gasteiger partial charge in [0.15, 0.2) is 5.82 Å². The third-order valence-electron chi connectivity index (χ3n) is 2.23. The molecule has 0 saturated carbocycles. The maximum atomic E-state index is 4.39. The first kappa shape index (κ1) is 11.1. The Bertz CT molecular complexity index is 491. The standard InChI is InChI=1S/C12H12BrN3/c1-2-3-8-16-9-7-14-12(16)10-5-4-6-11(13)15-10/h2,4-7,9H,1,3,8H2. The lowest BCUT2D eigenvalue weighted by Gasteiger charge is -2.05. The summed E-state index contributed by atoms with van der Waals surface area (Å²) in [6.45, 7) is 4.60. The summed E-state index contributed by atoms with van der Waals surface area (Å²) in [6.07, 6.45) is 6.58. The first-order valence-electron chi connectivity index (χ1n) is 5.06. The maximum absolute atomic E-state index is 4.39. The van der Waals surface area contributed by atoms with Crippen LogP contribution in [0.15, 0.2) is 47.9 Å². The highest BCUT2D eigenvalue weighted by Gasteiger charge is 2.06. The number of aryl methyl sites for hydroxylation is 1. The number of hydrogen-bond acceptors (Lipinski definition) is 2. The Hall–Kier alpha value is -1.42. The van der Waals surface area contributed by atoms with E-state index in [2.05, 4.69) is 37.0 Å². The predicted molar refractivity (Wildman–Crippen MR) is 68.0 cm³/mol. The number of nitrogens with zero attached hydrogens (tertiary/aromatic N) is 3. The fourth-order valence-corrected chi connectivity index (χ4v) is 1.83. The minimum Gasteiger partial charge on any atom is -0.329 e. The van der Waals surface area contributed by atoms with Crippen molar-refractivity contribution in [3.63, 3.8) is 0 Å². The van der Waals surface area contributed by atoms with E-state index in [4.69, 9.17) is 0 Å². The number of hydrogen-bond donors (Lipinski definition) is 0. The van der Waals surface area contributed by atoms with Crippen molar-refractivity contribution in [1.82, 2.24) is 14.5 Å². The molecule has 0 N–H and O–H groups in total. The van der Waals surface area contributed by atoms with Crippen LogP contribution in [0.3, 0.4) is 0 Å². The van der Waals surface area contributed by atoms with Crippen LogP contribution in [0.5, 0.6) is 0 Å². The van der Waals surface area contributed by atoms with Gasteiger partial charge in [0.25, 0.3) is 0 Å². The van der Waals surface area contributed by atoms with Crippen LogP contribution in [-0.4, -0.2) is 14.5 Å². The average Bonchev–Trinajstić information content (AvgIpc) is 2.74. The molecule has 0 unspecified atom stereocenters. The number of pyridine rings is 1. The van der Waals surface area contributed by atoms with E-state index in [1.165, 1.54) is 0 Å². The van der Waals surface area contributed by atoms with Crippen LogP contribution in [0.25, 0.3) is 11.5 Å². The Balaban J connectivity index is 2.32. The van der Waals surface area contributed by atoms with E-state index in [0.717, 1.165) is 29.1 Å². The molecule has 4 heteroatoms. The molecular formula is C12H12BrN3. The van der Waals surface area contributed by atoms with Crippen LogP contribution in [0.4, 0.5) is 0 Å². The maximum Gasteiger partial charge on any atom is 0.158 e. The molecule has 2 rings (SSSR count). The molecule has 82 valence electrons. The highest BCUT2D eigenvalue weighted by Crippen LogP contribution is 2.17. The van der Waals surface area contributed by atoms with Crippen molar-refractivity contribution in [2.24, 2.45) is 0 Å². The second kappa shape index (κ2) is 5.07. The van der Waals surface area contributed by atoms with Crippen molar-refractivity contribution in [3.8, 4) is 11.5 Å². The molecule has 0 radical (unpaired) electrons. The fourth-order valence-electron chi connectivity index (χ4n) is 1.49. The van der Waals surface area contributed by atoms with Gasteiger partial charge in [-0.3, -0.25) is 0 Å². The summed E-state index contributed by atoms with van der Waals surface area (Å²) < 4.78 is 2.90. The van der Waals surface area contributed by atoms with E-state index in [9.17, 15) is 0 Å². The molecule has 0 atom stereocenters. The van der Waals surface area contributed by atoms with Gasteiger partial charge in [0.1, 0.15) is 10.3 Å². The molecular weight excluding hydrogens is 266 g/mol. The monoisotopic (exact) mass is 277 g/mol. The van der Waals surface area contributed by atoms with Crippen LogP contribution in [0.1, 0.15) is 6.42 Å². The van der Waals surface area contributed by atoms with Crippen molar-refractivity contribution in [3.05, 3.63) is 47.9 Å². The van der Waals surface area contributed by atoms with Crippen molar-refractivity contribution in [2.75, 3.05) is 0 Å². The van der Waals surface area contributed by atoms with Gasteiger partial charge in [0, 0.05) is 18.9 Å². The Labute approximate surface area is 103 Å². The lowest BCUT2D eigenvalue weighted by Crippen LogP contribution is -1.99. The minimum absolute atomic E-state index is 0.822. The van der Waals surface area contributed by atoms with Crippen LogP contribution >= 0.6 is 15.9 Å². The second-order valence-corrected chi connectivity index (χ2v) is 4.18.